The van der Waals surface area contributed by atoms with Crippen LogP contribution in [0.3, 0.4) is 0 Å². The second-order valence-corrected chi connectivity index (χ2v) is 6.25. The maximum atomic E-state index is 12.0. The molecule has 1 amide bonds. The first kappa shape index (κ1) is 15.2. The summed E-state index contributed by atoms with van der Waals surface area (Å²) in [6.45, 7) is 2.63. The first-order valence-corrected chi connectivity index (χ1v) is 6.69. The highest BCUT2D eigenvalue weighted by atomic mass is 32.2. The van der Waals surface area contributed by atoms with Gasteiger partial charge >= 0.3 is 5.97 Å². The lowest BCUT2D eigenvalue weighted by Crippen LogP contribution is -2.52. The molecule has 8 nitrogen and oxygen atoms in total. The largest absolute Gasteiger partial charge is 0.477 e. The van der Waals surface area contributed by atoms with Crippen molar-refractivity contribution in [2.75, 3.05) is 0 Å². The second-order valence-electron chi connectivity index (χ2n) is 4.57. The molecule has 19 heavy (non-hydrogen) atoms. The Morgan fingerprint density at radius 1 is 1.42 bits per heavy atom. The first-order valence-electron chi connectivity index (χ1n) is 5.21. The average molecular weight is 289 g/mol. The molecule has 0 radical (unpaired) electrons. The normalized spacial score (nSPS) is 12.4. The van der Waals surface area contributed by atoms with Gasteiger partial charge in [-0.3, -0.25) is 4.79 Å². The van der Waals surface area contributed by atoms with Crippen LogP contribution in [0.15, 0.2) is 17.2 Å². The van der Waals surface area contributed by atoms with Crippen molar-refractivity contribution in [1.29, 1.82) is 0 Å². The van der Waals surface area contributed by atoms with Gasteiger partial charge in [0.1, 0.15) is 16.1 Å². The van der Waals surface area contributed by atoms with Crippen molar-refractivity contribution >= 4 is 21.9 Å². The highest BCUT2D eigenvalue weighted by Gasteiger charge is 2.32. The summed E-state index contributed by atoms with van der Waals surface area (Å²) >= 11 is 0. The molecule has 0 bridgehead atoms. The fraction of sp³-hybridized carbons (Fsp3) is 0.400. The van der Waals surface area contributed by atoms with Crippen LogP contribution in [-0.4, -0.2) is 35.5 Å². The van der Waals surface area contributed by atoms with Crippen LogP contribution in [0.5, 0.6) is 0 Å². The molecular formula is C10H15N3O5S. The minimum absolute atomic E-state index is 0.183. The molecule has 0 fully saturated rings. The molecule has 0 aliphatic heterocycles. The minimum Gasteiger partial charge on any atom is -0.477 e. The van der Waals surface area contributed by atoms with Crippen molar-refractivity contribution in [3.63, 3.8) is 0 Å². The lowest BCUT2D eigenvalue weighted by molar-refractivity contribution is -0.122. The highest BCUT2D eigenvalue weighted by molar-refractivity contribution is 7.89. The summed E-state index contributed by atoms with van der Waals surface area (Å²) < 4.78 is 27.3. The summed E-state index contributed by atoms with van der Waals surface area (Å²) in [5.74, 6) is -2.09. The van der Waals surface area contributed by atoms with Crippen LogP contribution in [0, 0.1) is 0 Å². The number of carbonyl (C=O) groups excluding carboxylic acids is 1. The van der Waals surface area contributed by atoms with Crippen LogP contribution in [0.4, 0.5) is 0 Å². The number of aromatic carboxylic acids is 1. The van der Waals surface area contributed by atoms with Crippen LogP contribution < -0.4 is 10.5 Å². The topological polar surface area (TPSA) is 131 Å². The van der Waals surface area contributed by atoms with Gasteiger partial charge in [0.15, 0.2) is 0 Å². The van der Waals surface area contributed by atoms with Crippen LogP contribution in [0.1, 0.15) is 24.3 Å². The molecule has 0 aromatic carbocycles. The number of primary amides is 1. The number of nitrogens with zero attached hydrogens (tertiary/aromatic N) is 1. The van der Waals surface area contributed by atoms with E-state index in [0.717, 1.165) is 16.8 Å². The van der Waals surface area contributed by atoms with E-state index in [4.69, 9.17) is 10.8 Å². The van der Waals surface area contributed by atoms with Gasteiger partial charge in [0.05, 0.1) is 0 Å². The van der Waals surface area contributed by atoms with Gasteiger partial charge in [-0.15, -0.1) is 0 Å². The molecule has 0 aliphatic carbocycles. The number of hydrogen-bond acceptors (Lipinski definition) is 4. The molecule has 1 rings (SSSR count). The number of carboxylic acids is 1. The summed E-state index contributed by atoms with van der Waals surface area (Å²) in [6.07, 6.45) is 1.14. The van der Waals surface area contributed by atoms with E-state index in [9.17, 15) is 18.0 Å². The van der Waals surface area contributed by atoms with E-state index in [0.29, 0.717) is 0 Å². The fourth-order valence-electron chi connectivity index (χ4n) is 1.34. The highest BCUT2D eigenvalue weighted by Crippen LogP contribution is 2.16. The zero-order chi connectivity index (χ0) is 15.0. The van der Waals surface area contributed by atoms with Gasteiger partial charge in [-0.25, -0.2) is 13.2 Å². The average Bonchev–Trinajstić information content (AvgIpc) is 2.59. The third kappa shape index (κ3) is 3.12. The number of amides is 1. The summed E-state index contributed by atoms with van der Waals surface area (Å²) in [6, 6.07) is 1.00. The number of carboxylic acid groups (broad SMARTS) is 1. The number of aromatic nitrogens is 1. The van der Waals surface area contributed by atoms with Crippen LogP contribution in [-0.2, 0) is 21.9 Å². The molecule has 1 aromatic heterocycles. The second kappa shape index (κ2) is 4.67. The molecule has 0 aliphatic rings. The van der Waals surface area contributed by atoms with E-state index in [1.807, 2.05) is 0 Å². The van der Waals surface area contributed by atoms with Crippen LogP contribution >= 0.6 is 0 Å². The molecule has 1 heterocycles. The van der Waals surface area contributed by atoms with Crippen molar-refractivity contribution in [2.45, 2.75) is 24.3 Å². The van der Waals surface area contributed by atoms with Crippen molar-refractivity contribution < 1.29 is 23.1 Å². The first-order chi connectivity index (χ1) is 8.47. The number of nitrogens with two attached hydrogens (primary N) is 1. The lowest BCUT2D eigenvalue weighted by atomic mass is 10.1. The zero-order valence-electron chi connectivity index (χ0n) is 10.7. The number of carbonyl (C=O) groups is 2. The van der Waals surface area contributed by atoms with Gasteiger partial charge in [0.25, 0.3) is 0 Å². The summed E-state index contributed by atoms with van der Waals surface area (Å²) in [5.41, 5.74) is 3.42. The Hall–Kier alpha value is -1.87. The van der Waals surface area contributed by atoms with E-state index >= 15 is 0 Å². The molecule has 1 aromatic rings. The SMILES string of the molecule is Cn1cc(S(=O)(=O)NC(C)(C)C(N)=O)cc1C(=O)O. The Balaban J connectivity index is 3.19. The molecule has 0 atom stereocenters. The van der Waals surface area contributed by atoms with Gasteiger partial charge in [0.2, 0.25) is 15.9 Å². The van der Waals surface area contributed by atoms with Gasteiger partial charge < -0.3 is 15.4 Å². The van der Waals surface area contributed by atoms with E-state index in [1.54, 1.807) is 0 Å². The van der Waals surface area contributed by atoms with Gasteiger partial charge in [0, 0.05) is 13.2 Å². The zero-order valence-corrected chi connectivity index (χ0v) is 11.5. The standard InChI is InChI=1S/C10H15N3O5S/c1-10(2,9(11)16)12-19(17,18)6-4-7(8(14)15)13(3)5-6/h4-5,12H,1-3H3,(H2,11,16)(H,14,15). The Kier molecular flexibility index (Phi) is 3.73. The van der Waals surface area contributed by atoms with Crippen LogP contribution in [0.25, 0.3) is 0 Å². The third-order valence-corrected chi connectivity index (χ3v) is 4.14. The molecule has 4 N–H and O–H groups in total. The number of rotatable bonds is 5. The molecule has 106 valence electrons. The van der Waals surface area contributed by atoms with Crippen molar-refractivity contribution in [3.05, 3.63) is 18.0 Å². The number of sulfonamides is 1. The van der Waals surface area contributed by atoms with Crippen molar-refractivity contribution in [3.8, 4) is 0 Å². The Morgan fingerprint density at radius 2 is 1.95 bits per heavy atom. The predicted octanol–water partition coefficient (Wildman–Crippen LogP) is -0.734. The molecule has 9 heteroatoms. The van der Waals surface area contributed by atoms with Crippen molar-refractivity contribution in [2.24, 2.45) is 12.8 Å². The Morgan fingerprint density at radius 3 is 2.32 bits per heavy atom. The van der Waals surface area contributed by atoms with E-state index < -0.39 is 27.4 Å². The molecule has 0 saturated heterocycles. The Labute approximate surface area is 110 Å². The summed E-state index contributed by atoms with van der Waals surface area (Å²) in [5, 5.41) is 8.86. The molecule has 0 saturated carbocycles. The van der Waals surface area contributed by atoms with Gasteiger partial charge in [-0.05, 0) is 19.9 Å². The van der Waals surface area contributed by atoms with E-state index in [-0.39, 0.29) is 10.6 Å². The number of hydrogen-bond donors (Lipinski definition) is 3. The van der Waals surface area contributed by atoms with E-state index in [2.05, 4.69) is 4.72 Å². The number of aryl methyl sites for hydroxylation is 1. The predicted molar refractivity (Wildman–Crippen MR) is 66.0 cm³/mol. The number of nitrogens with one attached hydrogen (secondary N) is 1. The van der Waals surface area contributed by atoms with E-state index in [1.165, 1.54) is 20.9 Å². The molecular weight excluding hydrogens is 274 g/mol. The van der Waals surface area contributed by atoms with Gasteiger partial charge in [-0.1, -0.05) is 0 Å². The lowest BCUT2D eigenvalue weighted by Gasteiger charge is -2.21. The maximum absolute atomic E-state index is 12.0. The summed E-state index contributed by atoms with van der Waals surface area (Å²) in [7, 11) is -2.63. The fourth-order valence-corrected chi connectivity index (χ4v) is 2.79. The smallest absolute Gasteiger partial charge is 0.352 e. The molecule has 0 spiro atoms. The monoisotopic (exact) mass is 289 g/mol. The summed E-state index contributed by atoms with van der Waals surface area (Å²) in [4.78, 5) is 21.7. The quantitative estimate of drug-likeness (QED) is 0.657. The molecule has 0 unspecified atom stereocenters. The third-order valence-electron chi connectivity index (χ3n) is 2.51. The van der Waals surface area contributed by atoms with Crippen molar-refractivity contribution in [1.82, 2.24) is 9.29 Å². The van der Waals surface area contributed by atoms with Gasteiger partial charge in [-0.2, -0.15) is 4.72 Å². The Bertz CT molecular complexity index is 630. The maximum Gasteiger partial charge on any atom is 0.352 e. The van der Waals surface area contributed by atoms with Crippen LogP contribution in [0.2, 0.25) is 0 Å². The minimum atomic E-state index is -4.03.